The van der Waals surface area contributed by atoms with Crippen molar-refractivity contribution in [3.63, 3.8) is 0 Å². The fourth-order valence-electron chi connectivity index (χ4n) is 0.788. The zero-order valence-corrected chi connectivity index (χ0v) is 7.01. The van der Waals surface area contributed by atoms with E-state index >= 15 is 0 Å². The van der Waals surface area contributed by atoms with Crippen LogP contribution in [-0.2, 0) is 0 Å². The van der Waals surface area contributed by atoms with Crippen molar-refractivity contribution in [3.8, 4) is 0 Å². The van der Waals surface area contributed by atoms with Gasteiger partial charge >= 0.3 is 0 Å². The molecule has 10 heavy (non-hydrogen) atoms. The summed E-state index contributed by atoms with van der Waals surface area (Å²) in [5.74, 6) is 0.639. The molecule has 0 N–H and O–H groups in total. The highest BCUT2D eigenvalue weighted by molar-refractivity contribution is 4.92. The Kier molecular flexibility index (Phi) is 6.25. The SMILES string of the molecule is [CH2]C=CC(C)CC=CCC. The summed E-state index contributed by atoms with van der Waals surface area (Å²) in [6.07, 6.45) is 10.7. The maximum atomic E-state index is 3.65. The first kappa shape index (κ1) is 9.48. The smallest absolute Gasteiger partial charge is 0.0227 e. The summed E-state index contributed by atoms with van der Waals surface area (Å²) in [5, 5.41) is 0. The summed E-state index contributed by atoms with van der Waals surface area (Å²) < 4.78 is 0. The largest absolute Gasteiger partial charge is 0.0888 e. The minimum Gasteiger partial charge on any atom is -0.0888 e. The molecule has 0 heterocycles. The van der Waals surface area contributed by atoms with Crippen molar-refractivity contribution < 1.29 is 0 Å². The highest BCUT2D eigenvalue weighted by Gasteiger charge is 1.89. The van der Waals surface area contributed by atoms with Gasteiger partial charge in [0.1, 0.15) is 0 Å². The number of rotatable bonds is 4. The van der Waals surface area contributed by atoms with E-state index in [-0.39, 0.29) is 0 Å². The average molecular weight is 137 g/mol. The van der Waals surface area contributed by atoms with Gasteiger partial charge in [0.05, 0.1) is 0 Å². The van der Waals surface area contributed by atoms with Crippen LogP contribution in [0.3, 0.4) is 0 Å². The topological polar surface area (TPSA) is 0 Å². The highest BCUT2D eigenvalue weighted by Crippen LogP contribution is 2.04. The maximum Gasteiger partial charge on any atom is -0.0227 e. The standard InChI is InChI=1S/C10H17/c1-4-6-7-9-10(3)8-5-2/h5-8,10H,2,4,9H2,1,3H3. The molecular formula is C10H17. The van der Waals surface area contributed by atoms with Gasteiger partial charge in [-0.15, -0.1) is 0 Å². The van der Waals surface area contributed by atoms with Gasteiger partial charge in [0.15, 0.2) is 0 Å². The van der Waals surface area contributed by atoms with Crippen LogP contribution >= 0.6 is 0 Å². The second-order valence-electron chi connectivity index (χ2n) is 2.52. The summed E-state index contributed by atoms with van der Waals surface area (Å²) in [6.45, 7) is 8.00. The van der Waals surface area contributed by atoms with Gasteiger partial charge in [-0.25, -0.2) is 0 Å². The van der Waals surface area contributed by atoms with Gasteiger partial charge in [-0.1, -0.05) is 38.2 Å². The zero-order valence-electron chi connectivity index (χ0n) is 7.01. The fraction of sp³-hybridized carbons (Fsp3) is 0.500. The molecule has 0 aromatic rings. The van der Waals surface area contributed by atoms with Crippen LogP contribution < -0.4 is 0 Å². The van der Waals surface area contributed by atoms with Crippen LogP contribution in [-0.4, -0.2) is 0 Å². The van der Waals surface area contributed by atoms with Crippen LogP contribution in [0.25, 0.3) is 0 Å². The van der Waals surface area contributed by atoms with Crippen LogP contribution in [0.1, 0.15) is 26.7 Å². The van der Waals surface area contributed by atoms with E-state index in [0.717, 1.165) is 12.8 Å². The molecule has 0 saturated heterocycles. The van der Waals surface area contributed by atoms with E-state index in [2.05, 4.69) is 39.0 Å². The fourth-order valence-corrected chi connectivity index (χ4v) is 0.788. The van der Waals surface area contributed by atoms with E-state index in [1.165, 1.54) is 0 Å². The van der Waals surface area contributed by atoms with E-state index < -0.39 is 0 Å². The van der Waals surface area contributed by atoms with E-state index in [1.807, 2.05) is 6.08 Å². The summed E-state index contributed by atoms with van der Waals surface area (Å²) in [4.78, 5) is 0. The molecular weight excluding hydrogens is 120 g/mol. The number of hydrogen-bond acceptors (Lipinski definition) is 0. The Bertz CT molecular complexity index is 109. The second kappa shape index (κ2) is 6.60. The van der Waals surface area contributed by atoms with Crippen molar-refractivity contribution in [2.75, 3.05) is 0 Å². The molecule has 0 aliphatic carbocycles. The minimum atomic E-state index is 0.639. The predicted molar refractivity (Wildman–Crippen MR) is 47.7 cm³/mol. The molecule has 0 heteroatoms. The van der Waals surface area contributed by atoms with Gasteiger partial charge < -0.3 is 0 Å². The minimum absolute atomic E-state index is 0.639. The molecule has 0 aliphatic heterocycles. The lowest BCUT2D eigenvalue weighted by atomic mass is 10.1. The quantitative estimate of drug-likeness (QED) is 0.521. The Morgan fingerprint density at radius 2 is 2.10 bits per heavy atom. The Morgan fingerprint density at radius 3 is 2.60 bits per heavy atom. The monoisotopic (exact) mass is 137 g/mol. The molecule has 1 radical (unpaired) electrons. The Balaban J connectivity index is 3.38. The lowest BCUT2D eigenvalue weighted by Gasteiger charge is -1.98. The van der Waals surface area contributed by atoms with Gasteiger partial charge in [-0.3, -0.25) is 0 Å². The van der Waals surface area contributed by atoms with Gasteiger partial charge in [0.25, 0.3) is 0 Å². The van der Waals surface area contributed by atoms with Gasteiger partial charge in [-0.2, -0.15) is 0 Å². The third-order valence-electron chi connectivity index (χ3n) is 1.37. The Morgan fingerprint density at radius 1 is 1.40 bits per heavy atom. The first-order valence-electron chi connectivity index (χ1n) is 3.92. The Labute approximate surface area is 64.6 Å². The van der Waals surface area contributed by atoms with Crippen LogP contribution in [0.4, 0.5) is 0 Å². The molecule has 0 saturated carbocycles. The van der Waals surface area contributed by atoms with Crippen molar-refractivity contribution >= 4 is 0 Å². The summed E-state index contributed by atoms with van der Waals surface area (Å²) in [7, 11) is 0. The molecule has 0 rings (SSSR count). The molecule has 0 aromatic heterocycles. The second-order valence-corrected chi connectivity index (χ2v) is 2.52. The third-order valence-corrected chi connectivity index (χ3v) is 1.37. The van der Waals surface area contributed by atoms with E-state index in [1.54, 1.807) is 0 Å². The van der Waals surface area contributed by atoms with Gasteiger partial charge in [-0.05, 0) is 25.7 Å². The van der Waals surface area contributed by atoms with Crippen LogP contribution in [0.2, 0.25) is 0 Å². The molecule has 1 atom stereocenters. The van der Waals surface area contributed by atoms with Crippen molar-refractivity contribution in [2.45, 2.75) is 26.7 Å². The van der Waals surface area contributed by atoms with Crippen LogP contribution in [0.15, 0.2) is 24.3 Å². The number of hydrogen-bond donors (Lipinski definition) is 0. The van der Waals surface area contributed by atoms with Crippen LogP contribution in [0.5, 0.6) is 0 Å². The zero-order chi connectivity index (χ0) is 7.82. The van der Waals surface area contributed by atoms with Gasteiger partial charge in [0.2, 0.25) is 0 Å². The molecule has 57 valence electrons. The Hall–Kier alpha value is -0.520. The molecule has 0 fully saturated rings. The third kappa shape index (κ3) is 5.61. The molecule has 0 aliphatic rings. The molecule has 0 amide bonds. The van der Waals surface area contributed by atoms with Crippen LogP contribution in [0, 0.1) is 12.8 Å². The van der Waals surface area contributed by atoms with Crippen molar-refractivity contribution in [2.24, 2.45) is 5.92 Å². The summed E-state index contributed by atoms with van der Waals surface area (Å²) >= 11 is 0. The van der Waals surface area contributed by atoms with E-state index in [4.69, 9.17) is 0 Å². The predicted octanol–water partition coefficient (Wildman–Crippen LogP) is 3.37. The van der Waals surface area contributed by atoms with Gasteiger partial charge in [0, 0.05) is 0 Å². The maximum absolute atomic E-state index is 3.65. The molecule has 0 bridgehead atoms. The average Bonchev–Trinajstić information content (AvgIpc) is 1.89. The normalized spacial score (nSPS) is 15.1. The van der Waals surface area contributed by atoms with Crippen molar-refractivity contribution in [1.29, 1.82) is 0 Å². The number of allylic oxidation sites excluding steroid dienone is 4. The van der Waals surface area contributed by atoms with E-state index in [9.17, 15) is 0 Å². The first-order valence-corrected chi connectivity index (χ1v) is 3.92. The molecule has 0 spiro atoms. The summed E-state index contributed by atoms with van der Waals surface area (Å²) in [5.41, 5.74) is 0. The lowest BCUT2D eigenvalue weighted by Crippen LogP contribution is -1.84. The lowest BCUT2D eigenvalue weighted by molar-refractivity contribution is 0.742. The van der Waals surface area contributed by atoms with E-state index in [0.29, 0.717) is 5.92 Å². The molecule has 0 nitrogen and oxygen atoms in total. The molecule has 0 aromatic carbocycles. The molecule has 1 unspecified atom stereocenters. The van der Waals surface area contributed by atoms with Crippen molar-refractivity contribution in [1.82, 2.24) is 0 Å². The summed E-state index contributed by atoms with van der Waals surface area (Å²) in [6, 6.07) is 0. The van der Waals surface area contributed by atoms with Crippen molar-refractivity contribution in [3.05, 3.63) is 31.2 Å². The highest BCUT2D eigenvalue weighted by atomic mass is 13.9. The first-order chi connectivity index (χ1) is 4.81.